The molecule has 21 heavy (non-hydrogen) atoms. The molecule has 0 spiro atoms. The molecule has 2 rings (SSSR count). The van der Waals surface area contributed by atoms with Crippen LogP contribution in [0.2, 0.25) is 0 Å². The molecule has 0 aromatic heterocycles. The van der Waals surface area contributed by atoms with Gasteiger partial charge < -0.3 is 15.1 Å². The van der Waals surface area contributed by atoms with E-state index in [2.05, 4.69) is 4.90 Å². The standard InChI is InChI=1S/C16H24N2O3/c1-12(16(21)14-4-3-5-15(20)10-14)11-17-6-8-18(9-7-17)13(2)19/h3-5,10,12,16,20-21H,6-9,11H2,1-2H3. The maximum Gasteiger partial charge on any atom is 0.219 e. The average molecular weight is 292 g/mol. The van der Waals surface area contributed by atoms with Crippen molar-refractivity contribution in [2.75, 3.05) is 32.7 Å². The number of hydrogen-bond acceptors (Lipinski definition) is 4. The first kappa shape index (κ1) is 15.8. The molecular formula is C16H24N2O3. The Morgan fingerprint density at radius 1 is 1.29 bits per heavy atom. The summed E-state index contributed by atoms with van der Waals surface area (Å²) in [6, 6.07) is 6.78. The van der Waals surface area contributed by atoms with Gasteiger partial charge in [-0.2, -0.15) is 0 Å². The maximum atomic E-state index is 11.3. The van der Waals surface area contributed by atoms with E-state index >= 15 is 0 Å². The van der Waals surface area contributed by atoms with Gasteiger partial charge in [0.15, 0.2) is 0 Å². The van der Waals surface area contributed by atoms with Crippen LogP contribution < -0.4 is 0 Å². The van der Waals surface area contributed by atoms with Crippen LogP contribution in [0, 0.1) is 5.92 Å². The predicted molar refractivity (Wildman–Crippen MR) is 80.9 cm³/mol. The Morgan fingerprint density at radius 3 is 2.52 bits per heavy atom. The summed E-state index contributed by atoms with van der Waals surface area (Å²) in [5.74, 6) is 0.368. The molecule has 1 heterocycles. The average Bonchev–Trinajstić information content (AvgIpc) is 2.47. The van der Waals surface area contributed by atoms with Crippen LogP contribution in [0.4, 0.5) is 0 Å². The van der Waals surface area contributed by atoms with Crippen LogP contribution in [0.25, 0.3) is 0 Å². The number of hydrogen-bond donors (Lipinski definition) is 2. The molecule has 0 saturated carbocycles. The van der Waals surface area contributed by atoms with Gasteiger partial charge in [-0.05, 0) is 23.6 Å². The molecule has 1 fully saturated rings. The fourth-order valence-electron chi connectivity index (χ4n) is 2.79. The van der Waals surface area contributed by atoms with Gasteiger partial charge in [-0.25, -0.2) is 0 Å². The van der Waals surface area contributed by atoms with Crippen molar-refractivity contribution in [3.63, 3.8) is 0 Å². The lowest BCUT2D eigenvalue weighted by molar-refractivity contribution is -0.130. The lowest BCUT2D eigenvalue weighted by atomic mass is 9.96. The van der Waals surface area contributed by atoms with E-state index in [-0.39, 0.29) is 17.6 Å². The number of amides is 1. The topological polar surface area (TPSA) is 64.0 Å². The van der Waals surface area contributed by atoms with E-state index in [1.807, 2.05) is 17.9 Å². The Labute approximate surface area is 125 Å². The second-order valence-corrected chi connectivity index (χ2v) is 5.82. The van der Waals surface area contributed by atoms with E-state index in [9.17, 15) is 15.0 Å². The fraction of sp³-hybridized carbons (Fsp3) is 0.562. The second-order valence-electron chi connectivity index (χ2n) is 5.82. The Kier molecular flexibility index (Phi) is 5.20. The van der Waals surface area contributed by atoms with E-state index in [1.54, 1.807) is 25.1 Å². The summed E-state index contributed by atoms with van der Waals surface area (Å²) in [5, 5.41) is 19.9. The van der Waals surface area contributed by atoms with Crippen LogP contribution >= 0.6 is 0 Å². The van der Waals surface area contributed by atoms with E-state index in [1.165, 1.54) is 0 Å². The molecule has 0 bridgehead atoms. The van der Waals surface area contributed by atoms with Crippen molar-refractivity contribution < 1.29 is 15.0 Å². The number of piperazine rings is 1. The molecule has 0 aliphatic carbocycles. The van der Waals surface area contributed by atoms with Crippen molar-refractivity contribution in [3.8, 4) is 5.75 Å². The zero-order chi connectivity index (χ0) is 15.4. The normalized spacial score (nSPS) is 19.3. The van der Waals surface area contributed by atoms with Gasteiger partial charge in [-0.3, -0.25) is 9.69 Å². The summed E-state index contributed by atoms with van der Waals surface area (Å²) >= 11 is 0. The number of carbonyl (C=O) groups is 1. The minimum atomic E-state index is -0.595. The van der Waals surface area contributed by atoms with Crippen LogP contribution in [-0.2, 0) is 4.79 Å². The molecule has 1 aromatic carbocycles. The fourth-order valence-corrected chi connectivity index (χ4v) is 2.79. The zero-order valence-electron chi connectivity index (χ0n) is 12.7. The van der Waals surface area contributed by atoms with E-state index in [4.69, 9.17) is 0 Å². The molecule has 2 atom stereocenters. The largest absolute Gasteiger partial charge is 0.508 e. The van der Waals surface area contributed by atoms with Crippen molar-refractivity contribution in [2.45, 2.75) is 20.0 Å². The number of benzene rings is 1. The summed E-state index contributed by atoms with van der Waals surface area (Å²) < 4.78 is 0. The molecular weight excluding hydrogens is 268 g/mol. The zero-order valence-corrected chi connectivity index (χ0v) is 12.7. The number of aliphatic hydroxyl groups is 1. The summed E-state index contributed by atoms with van der Waals surface area (Å²) in [4.78, 5) is 15.4. The van der Waals surface area contributed by atoms with Gasteiger partial charge in [0.2, 0.25) is 5.91 Å². The number of aromatic hydroxyl groups is 1. The molecule has 5 nitrogen and oxygen atoms in total. The molecule has 0 radical (unpaired) electrons. The SMILES string of the molecule is CC(=O)N1CCN(CC(C)C(O)c2cccc(O)c2)CC1. The first-order valence-corrected chi connectivity index (χ1v) is 7.42. The van der Waals surface area contributed by atoms with Crippen LogP contribution in [0.15, 0.2) is 24.3 Å². The Morgan fingerprint density at radius 2 is 1.95 bits per heavy atom. The number of nitrogens with zero attached hydrogens (tertiary/aromatic N) is 2. The number of carbonyl (C=O) groups excluding carboxylic acids is 1. The smallest absolute Gasteiger partial charge is 0.219 e. The first-order chi connectivity index (χ1) is 9.97. The predicted octanol–water partition coefficient (Wildman–Crippen LogP) is 1.23. The third-order valence-electron chi connectivity index (χ3n) is 4.11. The molecule has 1 aliphatic rings. The highest BCUT2D eigenvalue weighted by molar-refractivity contribution is 5.73. The molecule has 116 valence electrons. The molecule has 1 aromatic rings. The molecule has 1 aliphatic heterocycles. The van der Waals surface area contributed by atoms with Crippen molar-refractivity contribution in [1.29, 1.82) is 0 Å². The van der Waals surface area contributed by atoms with Crippen LogP contribution in [0.3, 0.4) is 0 Å². The number of phenolic OH excluding ortho intramolecular Hbond substituents is 1. The summed E-state index contributed by atoms with van der Waals surface area (Å²) in [7, 11) is 0. The van der Waals surface area contributed by atoms with Gasteiger partial charge in [-0.15, -0.1) is 0 Å². The molecule has 2 unspecified atom stereocenters. The van der Waals surface area contributed by atoms with Crippen LogP contribution in [0.1, 0.15) is 25.5 Å². The van der Waals surface area contributed by atoms with Crippen molar-refractivity contribution in [2.24, 2.45) is 5.92 Å². The summed E-state index contributed by atoms with van der Waals surface area (Å²) in [6.45, 7) is 7.58. The van der Waals surface area contributed by atoms with E-state index in [0.717, 1.165) is 38.3 Å². The quantitative estimate of drug-likeness (QED) is 0.876. The molecule has 1 amide bonds. The van der Waals surface area contributed by atoms with Crippen LogP contribution in [0.5, 0.6) is 5.75 Å². The number of aliphatic hydroxyl groups excluding tert-OH is 1. The minimum Gasteiger partial charge on any atom is -0.508 e. The van der Waals surface area contributed by atoms with Crippen molar-refractivity contribution in [3.05, 3.63) is 29.8 Å². The highest BCUT2D eigenvalue weighted by Crippen LogP contribution is 2.25. The number of phenols is 1. The van der Waals surface area contributed by atoms with Gasteiger partial charge in [0, 0.05) is 39.6 Å². The van der Waals surface area contributed by atoms with Gasteiger partial charge in [-0.1, -0.05) is 19.1 Å². The van der Waals surface area contributed by atoms with Gasteiger partial charge in [0.1, 0.15) is 5.75 Å². The summed E-state index contributed by atoms with van der Waals surface area (Å²) in [6.07, 6.45) is -0.595. The monoisotopic (exact) mass is 292 g/mol. The first-order valence-electron chi connectivity index (χ1n) is 7.42. The Bertz CT molecular complexity index is 484. The lowest BCUT2D eigenvalue weighted by Crippen LogP contribution is -2.49. The van der Waals surface area contributed by atoms with Gasteiger partial charge in [0.05, 0.1) is 6.10 Å². The Balaban J connectivity index is 1.87. The maximum absolute atomic E-state index is 11.3. The lowest BCUT2D eigenvalue weighted by Gasteiger charge is -2.36. The third-order valence-corrected chi connectivity index (χ3v) is 4.11. The number of rotatable bonds is 4. The van der Waals surface area contributed by atoms with Gasteiger partial charge >= 0.3 is 0 Å². The van der Waals surface area contributed by atoms with Gasteiger partial charge in [0.25, 0.3) is 0 Å². The third kappa shape index (κ3) is 4.19. The van der Waals surface area contributed by atoms with Crippen LogP contribution in [-0.4, -0.2) is 58.6 Å². The van der Waals surface area contributed by atoms with E-state index < -0.39 is 6.10 Å². The Hall–Kier alpha value is -1.59. The second kappa shape index (κ2) is 6.91. The highest BCUT2D eigenvalue weighted by atomic mass is 16.3. The molecule has 1 saturated heterocycles. The summed E-state index contributed by atoms with van der Waals surface area (Å²) in [5.41, 5.74) is 0.741. The van der Waals surface area contributed by atoms with Crippen molar-refractivity contribution in [1.82, 2.24) is 9.80 Å². The molecule has 2 N–H and O–H groups in total. The minimum absolute atomic E-state index is 0.0654. The highest BCUT2D eigenvalue weighted by Gasteiger charge is 2.23. The van der Waals surface area contributed by atoms with E-state index in [0.29, 0.717) is 0 Å². The molecule has 5 heteroatoms. The van der Waals surface area contributed by atoms with Crippen molar-refractivity contribution >= 4 is 5.91 Å².